The van der Waals surface area contributed by atoms with Gasteiger partial charge in [0, 0.05) is 5.56 Å². The number of carbonyl (C=O) groups is 3. The zero-order chi connectivity index (χ0) is 26.0. The lowest BCUT2D eigenvalue weighted by atomic mass is 9.95. The summed E-state index contributed by atoms with van der Waals surface area (Å²) in [5.41, 5.74) is 2.31. The van der Waals surface area contributed by atoms with Crippen LogP contribution in [0.4, 0.5) is 5.13 Å². The molecule has 9 heteroatoms. The van der Waals surface area contributed by atoms with E-state index in [1.807, 2.05) is 26.0 Å². The number of rotatable bonds is 7. The smallest absolute Gasteiger partial charge is 0.350 e. The number of carbonyl (C=O) groups excluding carboxylic acids is 3. The Morgan fingerprint density at radius 3 is 2.31 bits per heavy atom. The Balaban J connectivity index is 1.88. The second-order valence-electron chi connectivity index (χ2n) is 8.17. The molecule has 1 saturated heterocycles. The van der Waals surface area contributed by atoms with Crippen molar-refractivity contribution in [1.29, 1.82) is 0 Å². The van der Waals surface area contributed by atoms with E-state index in [1.165, 1.54) is 4.90 Å². The summed E-state index contributed by atoms with van der Waals surface area (Å²) in [6.07, 6.45) is 0. The minimum atomic E-state index is -0.956. The van der Waals surface area contributed by atoms with E-state index in [-0.39, 0.29) is 27.9 Å². The number of anilines is 1. The Bertz CT molecular complexity index is 1340. The summed E-state index contributed by atoms with van der Waals surface area (Å²) in [5.74, 6) is -1.88. The number of nitrogens with zero attached hydrogens (tertiary/aromatic N) is 2. The number of benzene rings is 2. The van der Waals surface area contributed by atoms with Gasteiger partial charge in [0.05, 0.1) is 30.5 Å². The summed E-state index contributed by atoms with van der Waals surface area (Å²) in [6, 6.07) is 13.0. The van der Waals surface area contributed by atoms with Crippen molar-refractivity contribution in [2.75, 3.05) is 18.1 Å². The van der Waals surface area contributed by atoms with E-state index in [0.717, 1.165) is 16.9 Å². The van der Waals surface area contributed by atoms with Crippen LogP contribution in [-0.4, -0.2) is 41.0 Å². The first-order chi connectivity index (χ1) is 17.3. The second-order valence-corrected chi connectivity index (χ2v) is 9.15. The second kappa shape index (κ2) is 10.3. The van der Waals surface area contributed by atoms with Gasteiger partial charge in [-0.05, 0) is 45.4 Å². The van der Waals surface area contributed by atoms with Crippen molar-refractivity contribution in [3.63, 3.8) is 0 Å². The molecule has 1 aliphatic rings. The number of aromatic nitrogens is 1. The number of ether oxygens (including phenoxy) is 2. The fourth-order valence-electron chi connectivity index (χ4n) is 4.00. The minimum absolute atomic E-state index is 0.0569. The lowest BCUT2D eigenvalue weighted by molar-refractivity contribution is -0.132. The highest BCUT2D eigenvalue weighted by Crippen LogP contribution is 2.44. The number of aliphatic hydroxyl groups excluding tert-OH is 1. The fourth-order valence-corrected chi connectivity index (χ4v) is 4.98. The van der Waals surface area contributed by atoms with E-state index in [1.54, 1.807) is 50.2 Å². The molecule has 1 N–H and O–H groups in total. The van der Waals surface area contributed by atoms with Gasteiger partial charge in [-0.25, -0.2) is 9.78 Å². The maximum absolute atomic E-state index is 13.3. The minimum Gasteiger partial charge on any atom is -0.507 e. The first-order valence-corrected chi connectivity index (χ1v) is 12.3. The van der Waals surface area contributed by atoms with Gasteiger partial charge in [0.25, 0.3) is 5.78 Å². The first kappa shape index (κ1) is 25.1. The molecule has 1 aromatic heterocycles. The Hall–Kier alpha value is -3.98. The molecule has 0 saturated carbocycles. The molecular weight excluding hydrogens is 480 g/mol. The number of aliphatic hydroxyl groups is 1. The van der Waals surface area contributed by atoms with Gasteiger partial charge in [-0.2, -0.15) is 0 Å². The molecule has 0 aliphatic carbocycles. The van der Waals surface area contributed by atoms with Crippen LogP contribution in [0.2, 0.25) is 0 Å². The SMILES string of the molecule is CCOC(=O)c1sc(N2C(=O)C(=O)/C(=C(/O)c3ccc(C)cc3)[C@@H]2c2ccc(OCC)cc2)nc1C. The van der Waals surface area contributed by atoms with Crippen LogP contribution >= 0.6 is 11.3 Å². The molecule has 36 heavy (non-hydrogen) atoms. The van der Waals surface area contributed by atoms with Crippen molar-refractivity contribution in [3.05, 3.63) is 81.4 Å². The van der Waals surface area contributed by atoms with Gasteiger partial charge in [-0.3, -0.25) is 14.5 Å². The molecule has 2 aromatic carbocycles. The number of aryl methyl sites for hydroxylation is 2. The molecule has 0 spiro atoms. The molecule has 1 atom stereocenters. The third-order valence-corrected chi connectivity index (χ3v) is 6.87. The average Bonchev–Trinajstić information content (AvgIpc) is 3.37. The number of hydrogen-bond donors (Lipinski definition) is 1. The van der Waals surface area contributed by atoms with Crippen LogP contribution in [0.3, 0.4) is 0 Å². The van der Waals surface area contributed by atoms with Crippen LogP contribution in [0.15, 0.2) is 54.1 Å². The van der Waals surface area contributed by atoms with Crippen molar-refractivity contribution in [1.82, 2.24) is 4.98 Å². The van der Waals surface area contributed by atoms with E-state index in [2.05, 4.69) is 4.98 Å². The summed E-state index contributed by atoms with van der Waals surface area (Å²) >= 11 is 0.970. The van der Waals surface area contributed by atoms with E-state index in [4.69, 9.17) is 9.47 Å². The lowest BCUT2D eigenvalue weighted by Crippen LogP contribution is -2.29. The van der Waals surface area contributed by atoms with Crippen LogP contribution in [-0.2, 0) is 14.3 Å². The standard InChI is InChI=1S/C27H26N2O6S/c1-5-34-19-13-11-17(12-14-19)21-20(22(30)18-9-7-15(3)8-10-18)23(31)25(32)29(21)27-28-16(4)24(36-27)26(33)35-6-2/h7-14,21,30H,5-6H2,1-4H3/b22-20+/t21-/m0/s1. The Labute approximate surface area is 212 Å². The van der Waals surface area contributed by atoms with E-state index in [0.29, 0.717) is 29.2 Å². The third kappa shape index (κ3) is 4.61. The number of esters is 1. The number of Topliss-reactive ketones (excluding diaryl/α,β-unsaturated/α-hetero) is 1. The molecule has 3 aromatic rings. The Morgan fingerprint density at radius 2 is 1.69 bits per heavy atom. The van der Waals surface area contributed by atoms with Crippen molar-refractivity contribution in [2.45, 2.75) is 33.7 Å². The third-order valence-electron chi connectivity index (χ3n) is 5.73. The molecule has 4 rings (SSSR count). The van der Waals surface area contributed by atoms with Crippen LogP contribution in [0, 0.1) is 13.8 Å². The van der Waals surface area contributed by atoms with Crippen molar-refractivity contribution >= 4 is 39.9 Å². The molecule has 0 bridgehead atoms. The zero-order valence-electron chi connectivity index (χ0n) is 20.4. The molecule has 0 radical (unpaired) electrons. The van der Waals surface area contributed by atoms with Crippen LogP contribution < -0.4 is 9.64 Å². The first-order valence-electron chi connectivity index (χ1n) is 11.5. The van der Waals surface area contributed by atoms with Gasteiger partial charge in [0.15, 0.2) is 5.13 Å². The van der Waals surface area contributed by atoms with E-state index < -0.39 is 23.7 Å². The highest BCUT2D eigenvalue weighted by molar-refractivity contribution is 7.17. The van der Waals surface area contributed by atoms with Gasteiger partial charge >= 0.3 is 11.9 Å². The van der Waals surface area contributed by atoms with Crippen LogP contribution in [0.1, 0.15) is 51.9 Å². The monoisotopic (exact) mass is 506 g/mol. The maximum Gasteiger partial charge on any atom is 0.350 e. The van der Waals surface area contributed by atoms with E-state index >= 15 is 0 Å². The normalized spacial score (nSPS) is 16.9. The maximum atomic E-state index is 13.3. The van der Waals surface area contributed by atoms with Gasteiger partial charge in [0.2, 0.25) is 0 Å². The summed E-state index contributed by atoms with van der Waals surface area (Å²) in [7, 11) is 0. The molecule has 0 unspecified atom stereocenters. The Morgan fingerprint density at radius 1 is 1.03 bits per heavy atom. The summed E-state index contributed by atoms with van der Waals surface area (Å²) in [6.45, 7) is 7.80. The fraction of sp³-hybridized carbons (Fsp3) is 0.259. The van der Waals surface area contributed by atoms with Gasteiger partial charge in [0.1, 0.15) is 16.4 Å². The van der Waals surface area contributed by atoms with Gasteiger partial charge in [-0.1, -0.05) is 53.3 Å². The van der Waals surface area contributed by atoms with Crippen molar-refractivity contribution in [2.24, 2.45) is 0 Å². The van der Waals surface area contributed by atoms with Gasteiger partial charge < -0.3 is 14.6 Å². The molecule has 1 aliphatic heterocycles. The molecular formula is C27H26N2O6S. The van der Waals surface area contributed by atoms with Gasteiger partial charge in [-0.15, -0.1) is 0 Å². The average molecular weight is 507 g/mol. The van der Waals surface area contributed by atoms with Crippen molar-refractivity contribution in [3.8, 4) is 5.75 Å². The lowest BCUT2D eigenvalue weighted by Gasteiger charge is -2.23. The molecule has 8 nitrogen and oxygen atoms in total. The highest BCUT2D eigenvalue weighted by Gasteiger charge is 2.48. The quantitative estimate of drug-likeness (QED) is 0.209. The highest BCUT2D eigenvalue weighted by atomic mass is 32.1. The molecule has 2 heterocycles. The number of amides is 1. The number of thiazole rings is 1. The largest absolute Gasteiger partial charge is 0.507 e. The van der Waals surface area contributed by atoms with Crippen molar-refractivity contribution < 1.29 is 29.0 Å². The summed E-state index contributed by atoms with van der Waals surface area (Å²) < 4.78 is 10.6. The van der Waals surface area contributed by atoms with E-state index in [9.17, 15) is 19.5 Å². The Kier molecular flexibility index (Phi) is 7.21. The van der Waals surface area contributed by atoms with Crippen LogP contribution in [0.25, 0.3) is 5.76 Å². The summed E-state index contributed by atoms with van der Waals surface area (Å²) in [5, 5.41) is 11.4. The van der Waals surface area contributed by atoms with Crippen LogP contribution in [0.5, 0.6) is 5.75 Å². The zero-order valence-corrected chi connectivity index (χ0v) is 21.2. The predicted molar refractivity (Wildman–Crippen MR) is 136 cm³/mol. The summed E-state index contributed by atoms with van der Waals surface area (Å²) in [4.78, 5) is 44.9. The topological polar surface area (TPSA) is 106 Å². The molecule has 1 amide bonds. The number of hydrogen-bond acceptors (Lipinski definition) is 8. The molecule has 186 valence electrons. The number of ketones is 1. The molecule has 1 fully saturated rings. The predicted octanol–water partition coefficient (Wildman–Crippen LogP) is 4.96.